The molecule has 0 unspecified atom stereocenters. The van der Waals surface area contributed by atoms with E-state index in [-0.39, 0.29) is 26.4 Å². The fraction of sp³-hybridized carbons (Fsp3) is 1.00. The van der Waals surface area contributed by atoms with Crippen molar-refractivity contribution >= 4 is 47.0 Å². The molecule has 1 rings (SSSR count). The van der Waals surface area contributed by atoms with E-state index in [0.29, 0.717) is 50.3 Å². The molecular formula is C27H54O10S4. The zero-order chi connectivity index (χ0) is 29.8. The van der Waals surface area contributed by atoms with Crippen LogP contribution in [0.4, 0.5) is 0 Å². The first-order chi connectivity index (χ1) is 20.2. The molecule has 1 saturated heterocycles. The maximum absolute atomic E-state index is 9.06. The fourth-order valence-corrected chi connectivity index (χ4v) is 6.66. The molecule has 41 heavy (non-hydrogen) atoms. The zero-order valence-corrected chi connectivity index (χ0v) is 27.9. The fourth-order valence-electron chi connectivity index (χ4n) is 4.04. The van der Waals surface area contributed by atoms with Crippen molar-refractivity contribution in [1.29, 1.82) is 0 Å². The molecule has 0 aromatic rings. The van der Waals surface area contributed by atoms with Crippen molar-refractivity contribution in [2.45, 2.75) is 56.4 Å². The molecule has 0 amide bonds. The summed E-state index contributed by atoms with van der Waals surface area (Å²) in [5.74, 6) is 6.44. The Labute approximate surface area is 264 Å². The summed E-state index contributed by atoms with van der Waals surface area (Å²) in [6, 6.07) is 0. The Kier molecular flexibility index (Phi) is 29.0. The zero-order valence-electron chi connectivity index (χ0n) is 24.6. The maximum Gasteiger partial charge on any atom is 0.186 e. The van der Waals surface area contributed by atoms with E-state index >= 15 is 0 Å². The van der Waals surface area contributed by atoms with Crippen LogP contribution in [0.3, 0.4) is 0 Å². The molecule has 0 saturated carbocycles. The van der Waals surface area contributed by atoms with Crippen molar-refractivity contribution in [3.63, 3.8) is 0 Å². The quantitative estimate of drug-likeness (QED) is 0.0832. The summed E-state index contributed by atoms with van der Waals surface area (Å²) >= 11 is 6.79. The molecule has 1 aliphatic rings. The van der Waals surface area contributed by atoms with Crippen LogP contribution < -0.4 is 0 Å². The predicted molar refractivity (Wildman–Crippen MR) is 172 cm³/mol. The standard InChI is InChI=1S/C27H54O10S4/c1-32-27-26(36-13-5-17-41-21-9-31)25(35-12-4-16-40-20-8-30)24(34-11-3-15-39-19-7-29)23(37-27)22-33-10-2-14-38-18-6-28/h23-31H,2-22H2,1H3/t23-,24-,25+,26+,27+/m1/s1. The topological polar surface area (TPSA) is 136 Å². The van der Waals surface area contributed by atoms with Gasteiger partial charge in [0.2, 0.25) is 0 Å². The van der Waals surface area contributed by atoms with Crippen LogP contribution >= 0.6 is 47.0 Å². The van der Waals surface area contributed by atoms with Crippen molar-refractivity contribution in [2.75, 3.05) is 113 Å². The van der Waals surface area contributed by atoms with Crippen LogP contribution in [0.15, 0.2) is 0 Å². The summed E-state index contributed by atoms with van der Waals surface area (Å²) in [6.45, 7) is 3.17. The third-order valence-electron chi connectivity index (χ3n) is 5.86. The lowest BCUT2D eigenvalue weighted by molar-refractivity contribution is -0.318. The minimum Gasteiger partial charge on any atom is -0.396 e. The van der Waals surface area contributed by atoms with E-state index in [0.717, 1.165) is 54.4 Å². The van der Waals surface area contributed by atoms with Gasteiger partial charge in [-0.1, -0.05) is 0 Å². The normalized spacial score (nSPS) is 22.9. The third-order valence-corrected chi connectivity index (χ3v) is 10.0. The number of rotatable bonds is 30. The van der Waals surface area contributed by atoms with Gasteiger partial charge in [-0.05, 0) is 48.7 Å². The Morgan fingerprint density at radius 1 is 0.537 bits per heavy atom. The van der Waals surface area contributed by atoms with Gasteiger partial charge in [0.1, 0.15) is 24.4 Å². The van der Waals surface area contributed by atoms with Crippen molar-refractivity contribution in [3.8, 4) is 0 Å². The third kappa shape index (κ3) is 19.9. The Morgan fingerprint density at radius 2 is 0.951 bits per heavy atom. The summed E-state index contributed by atoms with van der Waals surface area (Å²) < 4.78 is 37.4. The van der Waals surface area contributed by atoms with E-state index in [2.05, 4.69) is 0 Å². The van der Waals surface area contributed by atoms with E-state index in [1.165, 1.54) is 0 Å². The Morgan fingerprint density at radius 3 is 1.39 bits per heavy atom. The summed E-state index contributed by atoms with van der Waals surface area (Å²) in [5, 5.41) is 36.1. The van der Waals surface area contributed by atoms with Crippen molar-refractivity contribution < 1.29 is 48.8 Å². The molecule has 5 atom stereocenters. The van der Waals surface area contributed by atoms with Gasteiger partial charge in [-0.3, -0.25) is 0 Å². The summed E-state index contributed by atoms with van der Waals surface area (Å²) in [4.78, 5) is 0. The smallest absolute Gasteiger partial charge is 0.186 e. The van der Waals surface area contributed by atoms with E-state index in [1.54, 1.807) is 54.2 Å². The monoisotopic (exact) mass is 666 g/mol. The summed E-state index contributed by atoms with van der Waals surface area (Å²) in [6.07, 6.45) is 1.04. The minimum absolute atomic E-state index is 0.168. The van der Waals surface area contributed by atoms with Gasteiger partial charge in [-0.2, -0.15) is 47.0 Å². The molecule has 0 aliphatic carbocycles. The first-order valence-electron chi connectivity index (χ1n) is 14.6. The number of thioether (sulfide) groups is 4. The van der Waals surface area contributed by atoms with Crippen LogP contribution in [0.1, 0.15) is 25.7 Å². The van der Waals surface area contributed by atoms with Crippen LogP contribution in [0.25, 0.3) is 0 Å². The molecule has 0 aromatic heterocycles. The van der Waals surface area contributed by atoms with Gasteiger partial charge in [-0.25, -0.2) is 0 Å². The molecule has 0 spiro atoms. The Balaban J connectivity index is 2.88. The molecule has 14 heteroatoms. The van der Waals surface area contributed by atoms with Gasteiger partial charge in [0.25, 0.3) is 0 Å². The largest absolute Gasteiger partial charge is 0.396 e. The molecule has 1 aliphatic heterocycles. The average molecular weight is 667 g/mol. The molecule has 4 N–H and O–H groups in total. The molecule has 0 aromatic carbocycles. The molecule has 0 radical (unpaired) electrons. The number of ether oxygens (including phenoxy) is 6. The van der Waals surface area contributed by atoms with Crippen molar-refractivity contribution in [2.24, 2.45) is 0 Å². The van der Waals surface area contributed by atoms with Gasteiger partial charge in [0, 0.05) is 56.5 Å². The van der Waals surface area contributed by atoms with Crippen LogP contribution in [-0.4, -0.2) is 164 Å². The summed E-state index contributed by atoms with van der Waals surface area (Å²) in [7, 11) is 1.61. The lowest BCUT2D eigenvalue weighted by Gasteiger charge is -2.45. The Hall–Kier alpha value is 1.00. The number of aliphatic hydroxyl groups is 4. The van der Waals surface area contributed by atoms with Crippen LogP contribution in [0.2, 0.25) is 0 Å². The highest BCUT2D eigenvalue weighted by Crippen LogP contribution is 2.30. The first-order valence-corrected chi connectivity index (χ1v) is 19.2. The molecular weight excluding hydrogens is 613 g/mol. The minimum atomic E-state index is -0.637. The van der Waals surface area contributed by atoms with E-state index in [1.807, 2.05) is 0 Å². The highest BCUT2D eigenvalue weighted by molar-refractivity contribution is 7.99. The molecule has 1 heterocycles. The Bertz CT molecular complexity index is 558. The molecule has 246 valence electrons. The van der Waals surface area contributed by atoms with E-state index in [9.17, 15) is 0 Å². The lowest BCUT2D eigenvalue weighted by atomic mass is 9.98. The molecule has 1 fully saturated rings. The molecule has 10 nitrogen and oxygen atoms in total. The highest BCUT2D eigenvalue weighted by Gasteiger charge is 2.48. The number of hydrogen-bond donors (Lipinski definition) is 4. The highest BCUT2D eigenvalue weighted by atomic mass is 32.2. The summed E-state index contributed by atoms with van der Waals surface area (Å²) in [5.41, 5.74) is 0. The SMILES string of the molecule is CO[C@H]1O[C@H](COCCCSCCO)[C@@H](OCCCSCCO)[C@H](OCCCSCCO)[C@@H]1OCCCSCCO. The first kappa shape index (κ1) is 40.0. The van der Waals surface area contributed by atoms with Gasteiger partial charge in [0.15, 0.2) is 6.29 Å². The maximum atomic E-state index is 9.06. The lowest BCUT2D eigenvalue weighted by Crippen LogP contribution is -2.62. The van der Waals surface area contributed by atoms with E-state index in [4.69, 9.17) is 48.8 Å². The number of methoxy groups -OCH3 is 1. The number of hydrogen-bond acceptors (Lipinski definition) is 14. The van der Waals surface area contributed by atoms with Crippen molar-refractivity contribution in [1.82, 2.24) is 0 Å². The van der Waals surface area contributed by atoms with Gasteiger partial charge in [0.05, 0.1) is 33.0 Å². The van der Waals surface area contributed by atoms with Gasteiger partial charge >= 0.3 is 0 Å². The number of aliphatic hydroxyl groups excluding tert-OH is 4. The van der Waals surface area contributed by atoms with Gasteiger partial charge < -0.3 is 48.8 Å². The van der Waals surface area contributed by atoms with Crippen molar-refractivity contribution in [3.05, 3.63) is 0 Å². The molecule has 0 bridgehead atoms. The van der Waals surface area contributed by atoms with Crippen LogP contribution in [-0.2, 0) is 28.4 Å². The predicted octanol–water partition coefficient (Wildman–Crippen LogP) is 1.99. The van der Waals surface area contributed by atoms with Crippen LogP contribution in [0, 0.1) is 0 Å². The van der Waals surface area contributed by atoms with Crippen LogP contribution in [0.5, 0.6) is 0 Å². The van der Waals surface area contributed by atoms with E-state index < -0.39 is 30.7 Å². The second-order valence-electron chi connectivity index (χ2n) is 9.12. The second-order valence-corrected chi connectivity index (χ2v) is 14.0. The second kappa shape index (κ2) is 29.7. The van der Waals surface area contributed by atoms with Gasteiger partial charge in [-0.15, -0.1) is 0 Å². The average Bonchev–Trinajstić information content (AvgIpc) is 2.98.